The highest BCUT2D eigenvalue weighted by molar-refractivity contribution is 9.10. The molecule has 0 saturated carbocycles. The first kappa shape index (κ1) is 19.7. The summed E-state index contributed by atoms with van der Waals surface area (Å²) in [6.45, 7) is 1.39. The number of rotatable bonds is 7. The van der Waals surface area contributed by atoms with Crippen LogP contribution in [0.2, 0.25) is 0 Å². The van der Waals surface area contributed by atoms with E-state index in [9.17, 15) is 14.4 Å². The Labute approximate surface area is 157 Å². The van der Waals surface area contributed by atoms with Crippen LogP contribution in [0.1, 0.15) is 22.4 Å². The summed E-state index contributed by atoms with van der Waals surface area (Å²) in [6, 6.07) is 3.57. The zero-order valence-electron chi connectivity index (χ0n) is 14.2. The molecule has 0 aliphatic heterocycles. The van der Waals surface area contributed by atoms with Crippen molar-refractivity contribution in [2.24, 2.45) is 0 Å². The molecule has 2 rings (SSSR count). The molecule has 1 aromatic carbocycles. The van der Waals surface area contributed by atoms with Gasteiger partial charge in [-0.1, -0.05) is 6.07 Å². The number of nitrogens with zero attached hydrogens (tertiary/aromatic N) is 1. The number of aliphatic hydroxyl groups is 1. The van der Waals surface area contributed by atoms with Gasteiger partial charge >= 0.3 is 0 Å². The Kier molecular flexibility index (Phi) is 6.80. The molecule has 0 spiro atoms. The molecule has 1 aromatic heterocycles. The summed E-state index contributed by atoms with van der Waals surface area (Å²) >= 11 is 3.46. The fourth-order valence-electron chi connectivity index (χ4n) is 2.41. The fourth-order valence-corrected chi connectivity index (χ4v) is 4.56. The Bertz CT molecular complexity index is 797. The number of benzene rings is 1. The standard InChI is InChI=1S/C17H20BrNO5S/c1-10-16(21)13(12(7-20)6-19-10)9-25(22)8-11-4-5-14(23-2)17(24-3)15(11)18/h4-6,20-21H,7-9H2,1-3H3. The summed E-state index contributed by atoms with van der Waals surface area (Å²) in [5.74, 6) is 1.47. The smallest absolute Gasteiger partial charge is 0.175 e. The Morgan fingerprint density at radius 3 is 2.52 bits per heavy atom. The Hall–Kier alpha value is -1.64. The first-order chi connectivity index (χ1) is 11.9. The van der Waals surface area contributed by atoms with Gasteiger partial charge in [-0.05, 0) is 34.5 Å². The van der Waals surface area contributed by atoms with Gasteiger partial charge in [0.2, 0.25) is 0 Å². The summed E-state index contributed by atoms with van der Waals surface area (Å²) in [4.78, 5) is 4.01. The molecule has 1 unspecified atom stereocenters. The number of hydrogen-bond donors (Lipinski definition) is 2. The third-order valence-corrected chi connectivity index (χ3v) is 5.90. The molecule has 6 nitrogen and oxygen atoms in total. The minimum atomic E-state index is -1.31. The van der Waals surface area contributed by atoms with Crippen LogP contribution in [-0.4, -0.2) is 33.6 Å². The van der Waals surface area contributed by atoms with Crippen LogP contribution < -0.4 is 9.47 Å². The van der Waals surface area contributed by atoms with Gasteiger partial charge in [0.15, 0.2) is 11.5 Å². The van der Waals surface area contributed by atoms with Gasteiger partial charge in [-0.3, -0.25) is 9.19 Å². The van der Waals surface area contributed by atoms with Crippen molar-refractivity contribution >= 4 is 26.7 Å². The van der Waals surface area contributed by atoms with E-state index in [0.29, 0.717) is 32.8 Å². The minimum absolute atomic E-state index is 0.0220. The lowest BCUT2D eigenvalue weighted by molar-refractivity contribution is 0.279. The van der Waals surface area contributed by atoms with E-state index in [-0.39, 0.29) is 23.9 Å². The van der Waals surface area contributed by atoms with Crippen molar-refractivity contribution in [3.05, 3.63) is 45.2 Å². The molecule has 0 saturated heterocycles. The molecule has 0 radical (unpaired) electrons. The van der Waals surface area contributed by atoms with Crippen LogP contribution in [-0.2, 0) is 28.9 Å². The van der Waals surface area contributed by atoms with Gasteiger partial charge in [-0.25, -0.2) is 0 Å². The van der Waals surface area contributed by atoms with Crippen molar-refractivity contribution in [1.82, 2.24) is 4.98 Å². The van der Waals surface area contributed by atoms with E-state index in [1.54, 1.807) is 20.1 Å². The van der Waals surface area contributed by atoms with E-state index in [2.05, 4.69) is 20.9 Å². The number of aromatic nitrogens is 1. The SMILES string of the molecule is COc1ccc(CS(=O)Cc2c(CO)cnc(C)c2O)c(Br)c1OC. The van der Waals surface area contributed by atoms with E-state index in [1.807, 2.05) is 6.07 Å². The number of aromatic hydroxyl groups is 1. The molecule has 25 heavy (non-hydrogen) atoms. The van der Waals surface area contributed by atoms with Gasteiger partial charge in [0.05, 0.1) is 42.5 Å². The summed E-state index contributed by atoms with van der Waals surface area (Å²) in [5.41, 5.74) is 2.18. The van der Waals surface area contributed by atoms with Gasteiger partial charge in [0.1, 0.15) is 5.75 Å². The zero-order valence-corrected chi connectivity index (χ0v) is 16.6. The summed E-state index contributed by atoms with van der Waals surface area (Å²) in [7, 11) is 1.78. The maximum atomic E-state index is 12.6. The number of aliphatic hydroxyl groups excluding tert-OH is 1. The Balaban J connectivity index is 2.26. The van der Waals surface area contributed by atoms with Crippen LogP contribution in [0.5, 0.6) is 17.2 Å². The first-order valence-corrected chi connectivity index (χ1v) is 9.72. The molecule has 0 fully saturated rings. The van der Waals surface area contributed by atoms with Crippen LogP contribution in [0.3, 0.4) is 0 Å². The lowest BCUT2D eigenvalue weighted by Gasteiger charge is -2.14. The maximum absolute atomic E-state index is 12.6. The number of aryl methyl sites for hydroxylation is 1. The van der Waals surface area contributed by atoms with Crippen LogP contribution in [0.15, 0.2) is 22.8 Å². The Morgan fingerprint density at radius 2 is 1.92 bits per heavy atom. The second kappa shape index (κ2) is 8.64. The van der Waals surface area contributed by atoms with Crippen LogP contribution >= 0.6 is 15.9 Å². The number of halogens is 1. The highest BCUT2D eigenvalue weighted by atomic mass is 79.9. The second-order valence-electron chi connectivity index (χ2n) is 5.36. The van der Waals surface area contributed by atoms with E-state index in [4.69, 9.17) is 9.47 Å². The number of pyridine rings is 1. The molecule has 8 heteroatoms. The molecule has 2 N–H and O–H groups in total. The van der Waals surface area contributed by atoms with Gasteiger partial charge in [0, 0.05) is 28.1 Å². The molecule has 136 valence electrons. The topological polar surface area (TPSA) is 88.9 Å². The zero-order chi connectivity index (χ0) is 18.6. The number of methoxy groups -OCH3 is 2. The van der Waals surface area contributed by atoms with Crippen LogP contribution in [0.4, 0.5) is 0 Å². The average Bonchev–Trinajstić information content (AvgIpc) is 2.60. The van der Waals surface area contributed by atoms with Crippen molar-refractivity contribution in [3.8, 4) is 17.2 Å². The van der Waals surface area contributed by atoms with Crippen molar-refractivity contribution < 1.29 is 23.9 Å². The third-order valence-electron chi connectivity index (χ3n) is 3.79. The Morgan fingerprint density at radius 1 is 1.20 bits per heavy atom. The molecular weight excluding hydrogens is 410 g/mol. The predicted octanol–water partition coefficient (Wildman–Crippen LogP) is 2.82. The fraction of sp³-hybridized carbons (Fsp3) is 0.353. The quantitative estimate of drug-likeness (QED) is 0.703. The van der Waals surface area contributed by atoms with Crippen molar-refractivity contribution in [2.45, 2.75) is 25.0 Å². The van der Waals surface area contributed by atoms with Gasteiger partial charge in [-0.15, -0.1) is 0 Å². The van der Waals surface area contributed by atoms with Gasteiger partial charge in [-0.2, -0.15) is 0 Å². The average molecular weight is 430 g/mol. The van der Waals surface area contributed by atoms with E-state index < -0.39 is 10.8 Å². The van der Waals surface area contributed by atoms with Crippen molar-refractivity contribution in [2.75, 3.05) is 14.2 Å². The molecule has 2 aromatic rings. The lowest BCUT2D eigenvalue weighted by Crippen LogP contribution is -2.06. The highest BCUT2D eigenvalue weighted by Gasteiger charge is 2.18. The predicted molar refractivity (Wildman–Crippen MR) is 99.4 cm³/mol. The summed E-state index contributed by atoms with van der Waals surface area (Å²) < 4.78 is 23.9. The third kappa shape index (κ3) is 4.31. The maximum Gasteiger partial charge on any atom is 0.175 e. The van der Waals surface area contributed by atoms with Crippen molar-refractivity contribution in [1.29, 1.82) is 0 Å². The number of hydrogen-bond acceptors (Lipinski definition) is 6. The first-order valence-electron chi connectivity index (χ1n) is 7.44. The second-order valence-corrected chi connectivity index (χ2v) is 7.61. The molecule has 1 heterocycles. The summed E-state index contributed by atoms with van der Waals surface area (Å²) in [5, 5.41) is 19.6. The van der Waals surface area contributed by atoms with Gasteiger partial charge < -0.3 is 19.7 Å². The van der Waals surface area contributed by atoms with E-state index in [1.165, 1.54) is 13.3 Å². The molecule has 0 bridgehead atoms. The van der Waals surface area contributed by atoms with Gasteiger partial charge in [0.25, 0.3) is 0 Å². The number of ether oxygens (including phenoxy) is 2. The minimum Gasteiger partial charge on any atom is -0.506 e. The molecule has 0 aliphatic carbocycles. The lowest BCUT2D eigenvalue weighted by atomic mass is 10.1. The summed E-state index contributed by atoms with van der Waals surface area (Å²) in [6.07, 6.45) is 1.49. The van der Waals surface area contributed by atoms with E-state index in [0.717, 1.165) is 5.56 Å². The molecule has 1 atom stereocenters. The largest absolute Gasteiger partial charge is 0.506 e. The van der Waals surface area contributed by atoms with Crippen LogP contribution in [0, 0.1) is 6.92 Å². The molecular formula is C17H20BrNO5S. The molecule has 0 aliphatic rings. The van der Waals surface area contributed by atoms with Crippen LogP contribution in [0.25, 0.3) is 0 Å². The van der Waals surface area contributed by atoms with E-state index >= 15 is 0 Å². The normalized spacial score (nSPS) is 12.0. The monoisotopic (exact) mass is 429 g/mol. The van der Waals surface area contributed by atoms with Crippen molar-refractivity contribution in [3.63, 3.8) is 0 Å². The molecule has 0 amide bonds. The highest BCUT2D eigenvalue weighted by Crippen LogP contribution is 2.38.